The molecule has 0 radical (unpaired) electrons. The van der Waals surface area contributed by atoms with Gasteiger partial charge >= 0.3 is 17.8 Å². The monoisotopic (exact) mass is 704 g/mol. The van der Waals surface area contributed by atoms with Crippen molar-refractivity contribution in [3.63, 3.8) is 0 Å². The number of hydrogen-bond donors (Lipinski definition) is 2. The Morgan fingerprint density at radius 2 is 1.90 bits per heavy atom. The lowest BCUT2D eigenvalue weighted by atomic mass is 10.1. The third-order valence-corrected chi connectivity index (χ3v) is 10.2. The number of rotatable bonds is 14. The highest BCUT2D eigenvalue weighted by Gasteiger charge is 2.40. The predicted molar refractivity (Wildman–Crippen MR) is 164 cm³/mol. The highest BCUT2D eigenvalue weighted by molar-refractivity contribution is 7.62. The number of phosphoric ester groups is 1. The van der Waals surface area contributed by atoms with E-state index in [1.165, 1.54) is 28.5 Å². The van der Waals surface area contributed by atoms with Gasteiger partial charge in [0.15, 0.2) is 0 Å². The first kappa shape index (κ1) is 35.0. The molecular formula is C29H30N4O13P2-2. The fourth-order valence-electron chi connectivity index (χ4n) is 4.90. The summed E-state index contributed by atoms with van der Waals surface area (Å²) < 4.78 is 52.8. The summed E-state index contributed by atoms with van der Waals surface area (Å²) in [5, 5.41) is 11.2. The number of amides is 1. The van der Waals surface area contributed by atoms with Crippen LogP contribution in [0.2, 0.25) is 0 Å². The Bertz CT molecular complexity index is 1930. The maximum Gasteiger partial charge on any atom is 0.411 e. The lowest BCUT2D eigenvalue weighted by Crippen LogP contribution is -2.33. The van der Waals surface area contributed by atoms with E-state index in [0.717, 1.165) is 0 Å². The van der Waals surface area contributed by atoms with Crippen molar-refractivity contribution in [3.8, 4) is 17.0 Å². The average molecular weight is 705 g/mol. The first-order valence-corrected chi connectivity index (χ1v) is 17.6. The Hall–Kier alpha value is -4.34. The molecule has 5 rings (SSSR count). The summed E-state index contributed by atoms with van der Waals surface area (Å²) in [5.41, 5.74) is 1.36. The summed E-state index contributed by atoms with van der Waals surface area (Å²) in [6, 6.07) is 17.0. The van der Waals surface area contributed by atoms with E-state index in [1.54, 1.807) is 60.7 Å². The van der Waals surface area contributed by atoms with Crippen LogP contribution in [0, 0.1) is 0 Å². The maximum atomic E-state index is 13.6. The summed E-state index contributed by atoms with van der Waals surface area (Å²) in [5.74, 6) is -0.670. The van der Waals surface area contributed by atoms with Crippen LogP contribution in [0.5, 0.6) is 5.75 Å². The average Bonchev–Trinajstić information content (AvgIpc) is 3.65. The van der Waals surface area contributed by atoms with Crippen LogP contribution in [-0.2, 0) is 32.2 Å². The second-order valence-electron chi connectivity index (χ2n) is 10.5. The van der Waals surface area contributed by atoms with Crippen molar-refractivity contribution in [3.05, 3.63) is 83.5 Å². The summed E-state index contributed by atoms with van der Waals surface area (Å²) in [6.45, 7) is -0.849. The number of aliphatic carboxylic acids is 1. The summed E-state index contributed by atoms with van der Waals surface area (Å²) >= 11 is 0. The zero-order chi connectivity index (χ0) is 34.5. The maximum absolute atomic E-state index is 13.6. The minimum absolute atomic E-state index is 0.127. The number of methoxy groups -OCH3 is 1. The smallest absolute Gasteiger partial charge is 0.411 e. The fraction of sp³-hybridized carbons (Fsp3) is 0.310. The molecule has 48 heavy (non-hydrogen) atoms. The number of carbonyl (C=O) groups is 2. The van der Waals surface area contributed by atoms with Crippen LogP contribution in [0.1, 0.15) is 25.5 Å². The minimum Gasteiger partial charge on any atom is -0.778 e. The molecule has 1 fully saturated rings. The molecule has 0 bridgehead atoms. The van der Waals surface area contributed by atoms with Gasteiger partial charge in [-0.3, -0.25) is 28.0 Å². The number of carbonyl (C=O) groups excluding carboxylic acids is 1. The molecule has 1 saturated heterocycles. The Balaban J connectivity index is 1.34. The molecule has 1 aliphatic heterocycles. The van der Waals surface area contributed by atoms with E-state index in [-0.39, 0.29) is 12.8 Å². The first-order chi connectivity index (χ1) is 22.8. The molecule has 256 valence electrons. The van der Waals surface area contributed by atoms with E-state index < -0.39 is 70.8 Å². The highest BCUT2D eigenvalue weighted by atomic mass is 31.3. The second-order valence-corrected chi connectivity index (χ2v) is 14.0. The van der Waals surface area contributed by atoms with E-state index in [1.807, 2.05) is 0 Å². The van der Waals surface area contributed by atoms with Crippen LogP contribution >= 0.6 is 15.4 Å². The number of phosphoric acid groups is 1. The van der Waals surface area contributed by atoms with Gasteiger partial charge in [-0.15, -0.1) is 0 Å². The number of benzene rings is 2. The van der Waals surface area contributed by atoms with E-state index in [0.29, 0.717) is 28.3 Å². The van der Waals surface area contributed by atoms with Gasteiger partial charge in [0, 0.05) is 42.6 Å². The standard InChI is InChI=1S/C29H32N4O13P2/c1-42-21-10-5-7-19(15-21)22-17-33-25(31-22)12-13-32(29(33)37)26-16-23(45-28(36)30-20-8-3-2-4-9-20)24(44-26)18-43-48(40,41)46-47(38,39)14-6-11-27(34)35/h2-5,7-10,12-13,15,17,23-24,26H,6,11,14,16,18H2,1H3,(H,30,36)(H,34,35)(H,38,39)(H,40,41)/p-2/t23?,24-,26-/m1/s1. The zero-order valence-corrected chi connectivity index (χ0v) is 27.1. The summed E-state index contributed by atoms with van der Waals surface area (Å²) in [4.78, 5) is 66.0. The molecule has 0 spiro atoms. The number of nitrogens with zero attached hydrogens (tertiary/aromatic N) is 3. The van der Waals surface area contributed by atoms with Crippen molar-refractivity contribution >= 4 is 38.8 Å². The number of carboxylic acids is 1. The number of fused-ring (bicyclic) bond motifs is 1. The summed E-state index contributed by atoms with van der Waals surface area (Å²) in [6.07, 6.45) is -3.42. The number of aromatic nitrogens is 3. The fourth-order valence-corrected chi connectivity index (χ4v) is 7.51. The van der Waals surface area contributed by atoms with E-state index in [9.17, 15) is 33.3 Å². The molecule has 3 unspecified atom stereocenters. The molecule has 2 N–H and O–H groups in total. The molecule has 19 heteroatoms. The Labute approximate surface area is 272 Å². The van der Waals surface area contributed by atoms with E-state index >= 15 is 0 Å². The lowest BCUT2D eigenvalue weighted by molar-refractivity contribution is -0.233. The molecule has 5 atom stereocenters. The zero-order valence-electron chi connectivity index (χ0n) is 25.3. The number of imidazole rings is 1. The van der Waals surface area contributed by atoms with Gasteiger partial charge < -0.3 is 38.2 Å². The minimum atomic E-state index is -5.51. The van der Waals surface area contributed by atoms with Gasteiger partial charge in [0.1, 0.15) is 37.4 Å². The Kier molecular flexibility index (Phi) is 10.8. The van der Waals surface area contributed by atoms with Crippen molar-refractivity contribution in [2.24, 2.45) is 0 Å². The number of ether oxygens (including phenoxy) is 3. The van der Waals surface area contributed by atoms with Gasteiger partial charge in [-0.2, -0.15) is 0 Å². The Morgan fingerprint density at radius 1 is 1.12 bits per heavy atom. The van der Waals surface area contributed by atoms with Gasteiger partial charge in [0.05, 0.1) is 19.4 Å². The topological polar surface area (TPSA) is 232 Å². The van der Waals surface area contributed by atoms with Gasteiger partial charge in [-0.05, 0) is 36.8 Å². The predicted octanol–water partition coefficient (Wildman–Crippen LogP) is 3.00. The molecule has 3 heterocycles. The normalized spacial score (nSPS) is 20.1. The molecule has 4 aromatic rings. The highest BCUT2D eigenvalue weighted by Crippen LogP contribution is 2.55. The van der Waals surface area contributed by atoms with E-state index in [4.69, 9.17) is 23.8 Å². The van der Waals surface area contributed by atoms with Crippen LogP contribution in [0.4, 0.5) is 10.5 Å². The molecule has 0 aliphatic carbocycles. The number of nitrogens with one attached hydrogen (secondary N) is 1. The molecule has 0 saturated carbocycles. The van der Waals surface area contributed by atoms with E-state index in [2.05, 4.69) is 14.6 Å². The van der Waals surface area contributed by atoms with Crippen LogP contribution < -0.4 is 25.5 Å². The molecule has 17 nitrogen and oxygen atoms in total. The van der Waals surface area contributed by atoms with Crippen LogP contribution in [0.15, 0.2) is 77.9 Å². The lowest BCUT2D eigenvalue weighted by Gasteiger charge is -2.32. The Morgan fingerprint density at radius 3 is 2.62 bits per heavy atom. The van der Waals surface area contributed by atoms with Gasteiger partial charge in [-0.1, -0.05) is 30.3 Å². The quantitative estimate of drug-likeness (QED) is 0.180. The number of para-hydroxylation sites is 1. The molecule has 1 aliphatic rings. The van der Waals surface area contributed by atoms with Crippen LogP contribution in [-0.4, -0.2) is 63.2 Å². The van der Waals surface area contributed by atoms with Crippen LogP contribution in [0.25, 0.3) is 16.9 Å². The van der Waals surface area contributed by atoms with Crippen molar-refractivity contribution in [1.29, 1.82) is 0 Å². The van der Waals surface area contributed by atoms with Crippen molar-refractivity contribution in [1.82, 2.24) is 14.0 Å². The molecule has 2 aromatic heterocycles. The number of carboxylic acid groups (broad SMARTS) is 1. The van der Waals surface area contributed by atoms with Crippen LogP contribution in [0.3, 0.4) is 0 Å². The van der Waals surface area contributed by atoms with Crippen molar-refractivity contribution in [2.75, 3.05) is 25.2 Å². The third kappa shape index (κ3) is 8.96. The molecule has 1 amide bonds. The van der Waals surface area contributed by atoms with Gasteiger partial charge in [0.2, 0.25) is 0 Å². The third-order valence-electron chi connectivity index (χ3n) is 7.12. The number of anilines is 1. The first-order valence-electron chi connectivity index (χ1n) is 14.4. The van der Waals surface area contributed by atoms with Gasteiger partial charge in [0.25, 0.3) is 7.82 Å². The summed E-state index contributed by atoms with van der Waals surface area (Å²) in [7, 11) is -9.02. The van der Waals surface area contributed by atoms with Crippen molar-refractivity contribution in [2.45, 2.75) is 37.7 Å². The second kappa shape index (κ2) is 14.8. The molecular weight excluding hydrogens is 674 g/mol. The molecule has 2 aromatic carbocycles. The number of hydrogen-bond acceptors (Lipinski definition) is 13. The SMILES string of the molecule is COc1cccc(-c2cn3c(=O)n([C@H]4CC(OC(=O)Nc5ccccc5)[C@@H](COP(=O)([O-])OP(=O)([O-])CCCC(=O)O)O4)ccc3n2)c1. The van der Waals surface area contributed by atoms with Gasteiger partial charge in [-0.25, -0.2) is 14.6 Å². The van der Waals surface area contributed by atoms with Crippen molar-refractivity contribution < 1.29 is 56.7 Å². The largest absolute Gasteiger partial charge is 0.778 e.